The van der Waals surface area contributed by atoms with Gasteiger partial charge in [-0.25, -0.2) is 9.80 Å². The summed E-state index contributed by atoms with van der Waals surface area (Å²) in [5.41, 5.74) is 3.88. The van der Waals surface area contributed by atoms with Gasteiger partial charge in [-0.1, -0.05) is 18.2 Å². The van der Waals surface area contributed by atoms with Crippen LogP contribution in [0.15, 0.2) is 48.0 Å². The van der Waals surface area contributed by atoms with Gasteiger partial charge in [-0.2, -0.15) is 0 Å². The van der Waals surface area contributed by atoms with Gasteiger partial charge in [-0.3, -0.25) is 15.0 Å². The van der Waals surface area contributed by atoms with Gasteiger partial charge in [-0.15, -0.1) is 0 Å². The molecule has 9 heteroatoms. The van der Waals surface area contributed by atoms with E-state index in [2.05, 4.69) is 50.6 Å². The Labute approximate surface area is 194 Å². The molecule has 2 aromatic carbocycles. The van der Waals surface area contributed by atoms with E-state index >= 15 is 0 Å². The fourth-order valence-corrected chi connectivity index (χ4v) is 4.75. The second-order valence-electron chi connectivity index (χ2n) is 5.88. The van der Waals surface area contributed by atoms with Crippen molar-refractivity contribution >= 4 is 74.7 Å². The van der Waals surface area contributed by atoms with Crippen molar-refractivity contribution in [2.24, 2.45) is 0 Å². The van der Waals surface area contributed by atoms with Gasteiger partial charge in [0.1, 0.15) is 11.3 Å². The fraction of sp³-hybridized carbons (Fsp3) is 0.150. The number of hydrogen-bond donors (Lipinski definition) is 1. The van der Waals surface area contributed by atoms with E-state index in [1.807, 2.05) is 6.07 Å². The van der Waals surface area contributed by atoms with Crippen LogP contribution in [0.25, 0.3) is 6.08 Å². The number of ether oxygens (including phenoxy) is 2. The highest BCUT2D eigenvalue weighted by Crippen LogP contribution is 2.30. The number of anilines is 1. The number of hydrogen-bond acceptors (Lipinski definition) is 5. The maximum Gasteiger partial charge on any atom is 0.344 e. The van der Waals surface area contributed by atoms with Crippen molar-refractivity contribution in [2.45, 2.75) is 6.92 Å². The van der Waals surface area contributed by atoms with Crippen LogP contribution in [0.5, 0.6) is 5.75 Å². The molecule has 2 aromatic rings. The summed E-state index contributed by atoms with van der Waals surface area (Å²) in [6.45, 7) is 1.83. The van der Waals surface area contributed by atoms with Crippen molar-refractivity contribution in [3.63, 3.8) is 0 Å². The van der Waals surface area contributed by atoms with E-state index in [4.69, 9.17) is 9.47 Å². The number of carbonyl (C=O) groups is 3. The highest BCUT2D eigenvalue weighted by Gasteiger charge is 2.34. The number of halogens is 2. The first-order valence-electron chi connectivity index (χ1n) is 8.60. The molecule has 7 nitrogen and oxygen atoms in total. The van der Waals surface area contributed by atoms with Crippen molar-refractivity contribution in [1.29, 1.82) is 0 Å². The lowest BCUT2D eigenvalue weighted by Gasteiger charge is -2.14. The normalized spacial score (nSPS) is 14.9. The molecule has 0 bridgehead atoms. The predicted molar refractivity (Wildman–Crippen MR) is 124 cm³/mol. The van der Waals surface area contributed by atoms with E-state index < -0.39 is 17.8 Å². The van der Waals surface area contributed by atoms with E-state index in [9.17, 15) is 14.4 Å². The SMILES string of the molecule is CCOC(=O)COc1c(I)cc(/C=C2/C(=O)NN(c3ccccc3)C2=O)cc1I. The van der Waals surface area contributed by atoms with Gasteiger partial charge in [0, 0.05) is 0 Å². The summed E-state index contributed by atoms with van der Waals surface area (Å²) in [5.74, 6) is -0.783. The molecule has 0 aromatic heterocycles. The van der Waals surface area contributed by atoms with E-state index in [0.717, 1.165) is 7.14 Å². The van der Waals surface area contributed by atoms with Crippen LogP contribution in [-0.4, -0.2) is 31.0 Å². The molecule has 1 N–H and O–H groups in total. The quantitative estimate of drug-likeness (QED) is 0.233. The Morgan fingerprint density at radius 2 is 1.79 bits per heavy atom. The van der Waals surface area contributed by atoms with E-state index in [1.54, 1.807) is 49.4 Å². The van der Waals surface area contributed by atoms with Crippen molar-refractivity contribution < 1.29 is 23.9 Å². The minimum atomic E-state index is -0.466. The highest BCUT2D eigenvalue weighted by molar-refractivity contribution is 14.1. The van der Waals surface area contributed by atoms with E-state index in [1.165, 1.54) is 5.01 Å². The lowest BCUT2D eigenvalue weighted by molar-refractivity contribution is -0.145. The number of amides is 2. The van der Waals surface area contributed by atoms with Crippen LogP contribution in [0.1, 0.15) is 12.5 Å². The number of esters is 1. The largest absolute Gasteiger partial charge is 0.480 e. The van der Waals surface area contributed by atoms with Crippen LogP contribution in [-0.2, 0) is 19.1 Å². The number of carbonyl (C=O) groups excluding carboxylic acids is 3. The molecule has 1 heterocycles. The van der Waals surface area contributed by atoms with Crippen LogP contribution in [0, 0.1) is 7.14 Å². The number of para-hydroxylation sites is 1. The highest BCUT2D eigenvalue weighted by atomic mass is 127. The second-order valence-corrected chi connectivity index (χ2v) is 8.21. The van der Waals surface area contributed by atoms with Gasteiger partial charge >= 0.3 is 5.97 Å². The minimum Gasteiger partial charge on any atom is -0.480 e. The molecule has 0 saturated carbocycles. The Morgan fingerprint density at radius 1 is 1.14 bits per heavy atom. The van der Waals surface area contributed by atoms with Gasteiger partial charge in [0.25, 0.3) is 11.8 Å². The summed E-state index contributed by atoms with van der Waals surface area (Å²) in [5, 5.41) is 1.22. The minimum absolute atomic E-state index is 0.0423. The Bertz CT molecular complexity index is 969. The van der Waals surface area contributed by atoms with Crippen molar-refractivity contribution in [1.82, 2.24) is 5.43 Å². The van der Waals surface area contributed by atoms with Gasteiger partial charge < -0.3 is 9.47 Å². The number of nitrogens with one attached hydrogen (secondary N) is 1. The molecule has 1 fully saturated rings. The van der Waals surface area contributed by atoms with Crippen LogP contribution in [0.2, 0.25) is 0 Å². The molecule has 0 unspecified atom stereocenters. The summed E-state index contributed by atoms with van der Waals surface area (Å²) >= 11 is 4.17. The fourth-order valence-electron chi connectivity index (χ4n) is 2.62. The van der Waals surface area contributed by atoms with E-state index in [0.29, 0.717) is 23.6 Å². The Hall–Kier alpha value is -2.15. The second kappa shape index (κ2) is 9.57. The first-order chi connectivity index (χ1) is 13.9. The molecule has 1 saturated heterocycles. The third-order valence-corrected chi connectivity index (χ3v) is 5.48. The van der Waals surface area contributed by atoms with Gasteiger partial charge in [0.05, 0.1) is 19.4 Å². The third-order valence-electron chi connectivity index (χ3n) is 3.88. The zero-order valence-corrected chi connectivity index (χ0v) is 19.6. The average Bonchev–Trinajstić information content (AvgIpc) is 2.96. The van der Waals surface area contributed by atoms with Crippen LogP contribution in [0.4, 0.5) is 5.69 Å². The monoisotopic (exact) mass is 618 g/mol. The molecule has 0 spiro atoms. The lowest BCUT2D eigenvalue weighted by Crippen LogP contribution is -2.35. The summed E-state index contributed by atoms with van der Waals surface area (Å²) in [6, 6.07) is 12.4. The molecule has 0 radical (unpaired) electrons. The molecule has 3 rings (SSSR count). The third kappa shape index (κ3) is 5.07. The number of rotatable bonds is 6. The number of benzene rings is 2. The standard InChI is InChI=1S/C20H16I2N2O5/c1-2-28-17(25)11-29-18-15(21)9-12(10-16(18)22)8-14-19(26)23-24(20(14)27)13-6-4-3-5-7-13/h3-10H,2,11H2,1H3,(H,23,26)/b14-8-. The van der Waals surface area contributed by atoms with Crippen LogP contribution < -0.4 is 15.2 Å². The van der Waals surface area contributed by atoms with E-state index in [-0.39, 0.29) is 12.2 Å². The molecule has 1 aliphatic heterocycles. The average molecular weight is 618 g/mol. The first-order valence-corrected chi connectivity index (χ1v) is 10.8. The molecule has 150 valence electrons. The first kappa shape index (κ1) is 21.6. The molecule has 2 amide bonds. The zero-order valence-electron chi connectivity index (χ0n) is 15.3. The summed E-state index contributed by atoms with van der Waals surface area (Å²) in [7, 11) is 0. The molecule has 0 aliphatic carbocycles. The Balaban J connectivity index is 1.82. The summed E-state index contributed by atoms with van der Waals surface area (Å²) in [4.78, 5) is 36.5. The number of hydrazine groups is 1. The maximum absolute atomic E-state index is 12.7. The molecule has 29 heavy (non-hydrogen) atoms. The molecular formula is C20H16I2N2O5. The molecular weight excluding hydrogens is 602 g/mol. The van der Waals surface area contributed by atoms with Crippen LogP contribution >= 0.6 is 45.2 Å². The lowest BCUT2D eigenvalue weighted by atomic mass is 10.1. The zero-order chi connectivity index (χ0) is 21.0. The van der Waals surface area contributed by atoms with Crippen LogP contribution in [0.3, 0.4) is 0 Å². The van der Waals surface area contributed by atoms with Gasteiger partial charge in [0.15, 0.2) is 6.61 Å². The maximum atomic E-state index is 12.7. The molecule has 1 aliphatic rings. The smallest absolute Gasteiger partial charge is 0.344 e. The van der Waals surface area contributed by atoms with Gasteiger partial charge in [0.2, 0.25) is 0 Å². The molecule has 0 atom stereocenters. The Morgan fingerprint density at radius 3 is 2.41 bits per heavy atom. The topological polar surface area (TPSA) is 84.9 Å². The number of nitrogens with zero attached hydrogens (tertiary/aromatic N) is 1. The van der Waals surface area contributed by atoms with Gasteiger partial charge in [-0.05, 0) is 88.0 Å². The summed E-state index contributed by atoms with van der Waals surface area (Å²) in [6.07, 6.45) is 1.54. The predicted octanol–water partition coefficient (Wildman–Crippen LogP) is 3.30. The van der Waals surface area contributed by atoms with Crippen molar-refractivity contribution in [3.8, 4) is 5.75 Å². The summed E-state index contributed by atoms with van der Waals surface area (Å²) < 4.78 is 11.9. The Kier molecular flexibility index (Phi) is 7.11. The van der Waals surface area contributed by atoms with Crippen molar-refractivity contribution in [2.75, 3.05) is 18.2 Å². The van der Waals surface area contributed by atoms with Crippen molar-refractivity contribution in [3.05, 3.63) is 60.7 Å².